The van der Waals surface area contributed by atoms with Crippen LogP contribution >= 0.6 is 0 Å². The van der Waals surface area contributed by atoms with Gasteiger partial charge in [0.25, 0.3) is 0 Å². The minimum atomic E-state index is -0.374. The molecule has 1 nitrogen and oxygen atoms in total. The van der Waals surface area contributed by atoms with Crippen molar-refractivity contribution in [3.8, 4) is 0 Å². The summed E-state index contributed by atoms with van der Waals surface area (Å²) in [6, 6.07) is 0. The summed E-state index contributed by atoms with van der Waals surface area (Å²) in [5, 5.41) is 90.6. The minimum Gasteiger partial charge on any atom is -0.298 e. The largest absolute Gasteiger partial charge is 2.00 e. The molecule has 1 heterocycles. The molecule has 0 aromatic heterocycles. The van der Waals surface area contributed by atoms with Crippen molar-refractivity contribution in [3.63, 3.8) is 0 Å². The Kier molecular flexibility index (Phi) is 3.15. The molecule has 0 N–H and O–H groups in total. The zero-order valence-corrected chi connectivity index (χ0v) is 41.1. The second kappa shape index (κ2) is 7.58. The smallest absolute Gasteiger partial charge is 0.298 e. The molecule has 1 unspecified atom stereocenters. The number of rotatable bonds is 4. The second-order valence-electron chi connectivity index (χ2n) is 28.1. The Morgan fingerprint density at radius 1 is 0.286 bits per heavy atom. The summed E-state index contributed by atoms with van der Waals surface area (Å²) >= 11 is 0. The topological polar surface area (TPSA) is 3.24 Å². The predicted octanol–water partition coefficient (Wildman–Crippen LogP) is 18.6. The van der Waals surface area contributed by atoms with Gasteiger partial charge >= 0.3 is 17.1 Å². The molecular weight excluding hydrogens is 971 g/mol. The third-order valence-electron chi connectivity index (χ3n) is 27.9. The Hall–Kier alpha value is -7.06. The predicted molar refractivity (Wildman–Crippen MR) is 319 cm³/mol. The van der Waals surface area contributed by atoms with Gasteiger partial charge in [0.1, 0.15) is 0 Å². The van der Waals surface area contributed by atoms with Crippen LogP contribution in [0.15, 0.2) is 0 Å². The van der Waals surface area contributed by atoms with E-state index in [2.05, 4.69) is 63.3 Å². The van der Waals surface area contributed by atoms with Gasteiger partial charge in [-0.1, -0.05) is 0 Å². The molecule has 0 bridgehead atoms. The van der Waals surface area contributed by atoms with Crippen molar-refractivity contribution in [1.82, 2.24) is 4.90 Å². The molecule has 1 aliphatic heterocycles. The monoisotopic (exact) mass is 987 g/mol. The van der Waals surface area contributed by atoms with Crippen LogP contribution in [0.2, 0.25) is 0 Å². The molecule has 28 aromatic carbocycles. The summed E-state index contributed by atoms with van der Waals surface area (Å²) in [6.07, 6.45) is 21.7. The molecule has 3 fully saturated rings. The molecule has 2 heteroatoms. The first-order valence-corrected chi connectivity index (χ1v) is 28.7. The normalized spacial score (nSPS) is 26.3. The van der Waals surface area contributed by atoms with E-state index in [1.54, 1.807) is 319 Å². The minimum absolute atomic E-state index is 0. The Bertz CT molecular complexity index is 7200. The first kappa shape index (κ1) is 32.0. The molecule has 10 radical (unpaired) electrons. The number of likely N-dealkylation sites (N-methyl/N-ethyl adjacent to an activating group) is 1. The molecule has 35 rings (SSSR count). The Morgan fingerprint density at radius 2 is 0.494 bits per heavy atom. The van der Waals surface area contributed by atoms with E-state index >= 15 is 0 Å². The molecule has 1 atom stereocenters. The molecule has 2 saturated carbocycles. The third kappa shape index (κ3) is 1.82. The van der Waals surface area contributed by atoms with Gasteiger partial charge in [-0.25, -0.2) is 0 Å². The standard InChI is InChI=1S/C75H17N.Fe/c1-76-12-73-69-61-53-43-33-25-17-15-16-19-23-21(17)29-37-31(23)41-35-27(19)28-20(16)24-22-18(15)26(25)34-40-30(22)38-32(24)42-36(28)46-45(35)57-51(41)59-49(37)55(47(53)39(29)33)63(69)65(59)71-67(57)68-58(46)52(42)60-50(38)56-48(40)54(44(34)43)62(61)70(73)64(56)66(60)72(68)75(71,73)74(76,14-8-4-5-9-14)11-10-13-6-2-3-7-13;/h2-9H,10-12H2,1H3;/q;+2. The van der Waals surface area contributed by atoms with Crippen molar-refractivity contribution >= 4 is 291 Å². The first-order chi connectivity index (χ1) is 37.8. The number of hydrogen-bond acceptors (Lipinski definition) is 1. The Labute approximate surface area is 438 Å². The SMILES string of the molecule is CN1CC23c4c5c6c7c8c9c(c%10c%11c2c2c4c4c%12c5c5c6c6c8c8c%13c9c9c%10c%10c%11c%11c2c2c4c4c%12c%12c5c5c6c8c6c8c%13c9c9c%10c%10c%11c2c2c4c4c%12c5c6c5c8c9c%10c2c45)C73C1(CC[C]1[CH][CH][CH][CH]1)[C]1[CH][CH][CH][CH]1.[Fe+2]. The van der Waals surface area contributed by atoms with Crippen LogP contribution in [0, 0.1) is 63.2 Å². The van der Waals surface area contributed by atoms with Crippen LogP contribution in [0.5, 0.6) is 0 Å². The molecule has 6 aliphatic carbocycles. The summed E-state index contributed by atoms with van der Waals surface area (Å²) in [6.45, 7) is 1.04. The maximum Gasteiger partial charge on any atom is 2.00 e. The van der Waals surface area contributed by atoms with Crippen molar-refractivity contribution in [2.75, 3.05) is 13.6 Å². The third-order valence-corrected chi connectivity index (χ3v) is 27.9. The van der Waals surface area contributed by atoms with Gasteiger partial charge in [-0.05, 0) is 390 Å². The summed E-state index contributed by atoms with van der Waals surface area (Å²) in [4.78, 5) is 3.07. The van der Waals surface area contributed by atoms with Gasteiger partial charge in [0, 0.05) is 18.0 Å². The van der Waals surface area contributed by atoms with Crippen LogP contribution in [0.25, 0.3) is 291 Å². The van der Waals surface area contributed by atoms with Crippen LogP contribution in [-0.2, 0) is 27.9 Å². The van der Waals surface area contributed by atoms with E-state index < -0.39 is 0 Å². The van der Waals surface area contributed by atoms with E-state index in [-0.39, 0.29) is 33.4 Å². The second-order valence-corrected chi connectivity index (χ2v) is 28.1. The average molecular weight is 988 g/mol. The Balaban J connectivity index is 0.00000349. The number of benzene rings is 18. The fourth-order valence-corrected chi connectivity index (χ4v) is 27.7. The van der Waals surface area contributed by atoms with Crippen molar-refractivity contribution in [2.45, 2.75) is 29.2 Å². The fraction of sp³-hybridized carbons (Fsp3) is 0.0933. The number of hydrogen-bond donors (Lipinski definition) is 0. The van der Waals surface area contributed by atoms with Gasteiger partial charge in [0.15, 0.2) is 0 Å². The summed E-state index contributed by atoms with van der Waals surface area (Å²) in [5.41, 5.74) is 6.15. The van der Waals surface area contributed by atoms with Crippen LogP contribution in [0.1, 0.15) is 35.1 Å². The van der Waals surface area contributed by atoms with Gasteiger partial charge in [0.05, 0.1) is 10.8 Å². The van der Waals surface area contributed by atoms with Crippen molar-refractivity contribution in [2.24, 2.45) is 0 Å². The zero-order valence-electron chi connectivity index (χ0n) is 40.0. The molecule has 328 valence electrons. The maximum absolute atomic E-state index is 3.07. The van der Waals surface area contributed by atoms with E-state index in [0.29, 0.717) is 0 Å². The molecule has 7 aliphatic rings. The van der Waals surface area contributed by atoms with Crippen molar-refractivity contribution in [1.29, 1.82) is 0 Å². The van der Waals surface area contributed by atoms with Gasteiger partial charge in [-0.2, -0.15) is 0 Å². The molecule has 0 amide bonds. The van der Waals surface area contributed by atoms with Crippen LogP contribution < -0.4 is 0 Å². The molecular formula is C75H17FeN+2. The number of likely N-dealkylation sites (tertiary alicyclic amines) is 1. The average Bonchev–Trinajstić information content (AvgIpc) is 4.42. The van der Waals surface area contributed by atoms with E-state index in [1.165, 1.54) is 5.92 Å². The molecule has 77 heavy (non-hydrogen) atoms. The van der Waals surface area contributed by atoms with E-state index in [9.17, 15) is 0 Å². The maximum atomic E-state index is 3.07. The van der Waals surface area contributed by atoms with Crippen LogP contribution in [0.4, 0.5) is 0 Å². The summed E-state index contributed by atoms with van der Waals surface area (Å²) < 4.78 is 0. The van der Waals surface area contributed by atoms with E-state index in [1.807, 2.05) is 0 Å². The first-order valence-electron chi connectivity index (χ1n) is 28.7. The molecule has 28 aromatic rings. The molecule has 2 spiro atoms. The van der Waals surface area contributed by atoms with Gasteiger partial charge < -0.3 is 0 Å². The van der Waals surface area contributed by atoms with Gasteiger partial charge in [-0.15, -0.1) is 0 Å². The number of nitrogens with zero attached hydrogens (tertiary/aromatic N) is 1. The van der Waals surface area contributed by atoms with Gasteiger partial charge in [0.2, 0.25) is 0 Å². The van der Waals surface area contributed by atoms with Crippen LogP contribution in [-0.4, -0.2) is 24.0 Å². The Morgan fingerprint density at radius 3 is 0.740 bits per heavy atom. The summed E-state index contributed by atoms with van der Waals surface area (Å²) in [7, 11) is 2.64. The van der Waals surface area contributed by atoms with Crippen molar-refractivity contribution < 1.29 is 17.1 Å². The van der Waals surface area contributed by atoms with E-state index in [4.69, 9.17) is 0 Å². The summed E-state index contributed by atoms with van der Waals surface area (Å²) in [5.74, 6) is 3.04. The fourth-order valence-electron chi connectivity index (χ4n) is 27.7. The van der Waals surface area contributed by atoms with E-state index in [0.717, 1.165) is 19.4 Å². The zero-order chi connectivity index (χ0) is 45.5. The van der Waals surface area contributed by atoms with Crippen molar-refractivity contribution in [3.05, 3.63) is 85.5 Å². The van der Waals surface area contributed by atoms with Gasteiger partial charge in [-0.3, -0.25) is 4.90 Å². The molecule has 1 saturated heterocycles. The quantitative estimate of drug-likeness (QED) is 0.125. The van der Waals surface area contributed by atoms with Crippen LogP contribution in [0.3, 0.4) is 0 Å².